The molecule has 2 aliphatic rings. The molecule has 78 valence electrons. The van der Waals surface area contributed by atoms with Crippen LogP contribution in [0, 0.1) is 0 Å². The number of epoxide rings is 1. The number of ketones is 1. The van der Waals surface area contributed by atoms with Crippen LogP contribution in [0.4, 0.5) is 0 Å². The first-order chi connectivity index (χ1) is 6.62. The van der Waals surface area contributed by atoms with Crippen LogP contribution >= 0.6 is 0 Å². The first-order valence-corrected chi connectivity index (χ1v) is 5.23. The van der Waals surface area contributed by atoms with Crippen molar-refractivity contribution in [2.24, 2.45) is 5.73 Å². The van der Waals surface area contributed by atoms with E-state index in [2.05, 4.69) is 6.08 Å². The predicted octanol–water partition coefficient (Wildman–Crippen LogP) is 1.17. The first-order valence-electron chi connectivity index (χ1n) is 5.23. The molecule has 0 aromatic rings. The van der Waals surface area contributed by atoms with E-state index < -0.39 is 5.60 Å². The lowest BCUT2D eigenvalue weighted by Gasteiger charge is -2.13. The number of hydrogen-bond acceptors (Lipinski definition) is 3. The highest BCUT2D eigenvalue weighted by Crippen LogP contribution is 2.30. The summed E-state index contributed by atoms with van der Waals surface area (Å²) in [5.41, 5.74) is 6.64. The van der Waals surface area contributed by atoms with Gasteiger partial charge in [0.1, 0.15) is 5.60 Å². The van der Waals surface area contributed by atoms with Crippen LogP contribution in [-0.4, -0.2) is 24.0 Å². The third kappa shape index (κ3) is 1.88. The van der Waals surface area contributed by atoms with Crippen molar-refractivity contribution in [3.8, 4) is 0 Å². The monoisotopic (exact) mass is 195 g/mol. The molecule has 0 spiro atoms. The highest BCUT2D eigenvalue weighted by atomic mass is 16.6. The predicted molar refractivity (Wildman–Crippen MR) is 53.9 cm³/mol. The minimum absolute atomic E-state index is 0.0605. The largest absolute Gasteiger partial charge is 0.362 e. The van der Waals surface area contributed by atoms with E-state index in [0.29, 0.717) is 6.61 Å². The summed E-state index contributed by atoms with van der Waals surface area (Å²) in [6, 6.07) is -0.369. The zero-order valence-corrected chi connectivity index (χ0v) is 8.58. The van der Waals surface area contributed by atoms with Crippen LogP contribution in [0.2, 0.25) is 0 Å². The van der Waals surface area contributed by atoms with Gasteiger partial charge in [-0.25, -0.2) is 0 Å². The van der Waals surface area contributed by atoms with Crippen LogP contribution in [0.5, 0.6) is 0 Å². The van der Waals surface area contributed by atoms with Gasteiger partial charge in [0.2, 0.25) is 0 Å². The molecule has 0 radical (unpaired) electrons. The normalized spacial score (nSPS) is 32.6. The lowest BCUT2D eigenvalue weighted by atomic mass is 9.95. The van der Waals surface area contributed by atoms with E-state index >= 15 is 0 Å². The van der Waals surface area contributed by atoms with E-state index in [1.54, 1.807) is 0 Å². The van der Waals surface area contributed by atoms with E-state index in [9.17, 15) is 4.79 Å². The second-order valence-electron chi connectivity index (χ2n) is 4.45. The molecule has 2 atom stereocenters. The molecule has 1 unspecified atom stereocenters. The zero-order valence-electron chi connectivity index (χ0n) is 8.58. The van der Waals surface area contributed by atoms with Crippen molar-refractivity contribution in [3.63, 3.8) is 0 Å². The smallest absolute Gasteiger partial charge is 0.183 e. The number of allylic oxidation sites excluding steroid dienone is 1. The molecule has 2 rings (SSSR count). The summed E-state index contributed by atoms with van der Waals surface area (Å²) in [6.45, 7) is 2.36. The van der Waals surface area contributed by atoms with Gasteiger partial charge in [0.15, 0.2) is 5.78 Å². The Balaban J connectivity index is 1.88. The molecule has 14 heavy (non-hydrogen) atoms. The summed E-state index contributed by atoms with van der Waals surface area (Å²) < 4.78 is 5.09. The molecule has 1 aliphatic heterocycles. The summed E-state index contributed by atoms with van der Waals surface area (Å²) in [5.74, 6) is 0.0605. The Bertz CT molecular complexity index is 279. The number of rotatable bonds is 4. The van der Waals surface area contributed by atoms with Gasteiger partial charge in [-0.05, 0) is 32.6 Å². The Morgan fingerprint density at radius 3 is 3.00 bits per heavy atom. The second-order valence-corrected chi connectivity index (χ2v) is 4.45. The summed E-state index contributed by atoms with van der Waals surface area (Å²) in [4.78, 5) is 11.7. The highest BCUT2D eigenvalue weighted by molar-refractivity contribution is 5.93. The van der Waals surface area contributed by atoms with Crippen molar-refractivity contribution in [2.45, 2.75) is 44.2 Å². The SMILES string of the molecule is C[C@@]1(C(=O)C(N)CC2=CCCC2)CO1. The van der Waals surface area contributed by atoms with Crippen molar-refractivity contribution >= 4 is 5.78 Å². The van der Waals surface area contributed by atoms with Crippen LogP contribution in [0.15, 0.2) is 11.6 Å². The third-order valence-electron chi connectivity index (χ3n) is 3.05. The minimum atomic E-state index is -0.557. The maximum Gasteiger partial charge on any atom is 0.183 e. The van der Waals surface area contributed by atoms with Crippen LogP contribution in [0.3, 0.4) is 0 Å². The van der Waals surface area contributed by atoms with Crippen molar-refractivity contribution in [1.82, 2.24) is 0 Å². The number of hydrogen-bond donors (Lipinski definition) is 1. The maximum absolute atomic E-state index is 11.7. The summed E-state index contributed by atoms with van der Waals surface area (Å²) >= 11 is 0. The molecule has 1 heterocycles. The lowest BCUT2D eigenvalue weighted by Crippen LogP contribution is -2.39. The van der Waals surface area contributed by atoms with Gasteiger partial charge in [-0.15, -0.1) is 0 Å². The molecule has 1 saturated heterocycles. The number of carbonyl (C=O) groups excluding carboxylic acids is 1. The number of Topliss-reactive ketones (excluding diaryl/α,β-unsaturated/α-hetero) is 1. The van der Waals surface area contributed by atoms with Crippen molar-refractivity contribution in [1.29, 1.82) is 0 Å². The standard InChI is InChI=1S/C11H17NO2/c1-11(7-14-11)10(13)9(12)6-8-4-2-3-5-8/h4,9H,2-3,5-7,12H2,1H3/t9?,11-/m0/s1. The molecular formula is C11H17NO2. The summed E-state index contributed by atoms with van der Waals surface area (Å²) in [6.07, 6.45) is 6.40. The summed E-state index contributed by atoms with van der Waals surface area (Å²) in [5, 5.41) is 0. The van der Waals surface area contributed by atoms with Crippen LogP contribution in [0.25, 0.3) is 0 Å². The number of ether oxygens (including phenoxy) is 1. The fourth-order valence-corrected chi connectivity index (χ4v) is 1.94. The molecule has 2 N–H and O–H groups in total. The minimum Gasteiger partial charge on any atom is -0.362 e. The van der Waals surface area contributed by atoms with Gasteiger partial charge in [-0.1, -0.05) is 11.6 Å². The van der Waals surface area contributed by atoms with E-state index in [0.717, 1.165) is 19.3 Å². The molecule has 0 aromatic heterocycles. The van der Waals surface area contributed by atoms with E-state index in [1.807, 2.05) is 6.92 Å². The van der Waals surface area contributed by atoms with Gasteiger partial charge in [-0.2, -0.15) is 0 Å². The molecule has 0 bridgehead atoms. The fourth-order valence-electron chi connectivity index (χ4n) is 1.94. The van der Waals surface area contributed by atoms with Gasteiger partial charge in [0, 0.05) is 0 Å². The Morgan fingerprint density at radius 2 is 2.50 bits per heavy atom. The molecular weight excluding hydrogens is 178 g/mol. The zero-order chi connectivity index (χ0) is 10.2. The maximum atomic E-state index is 11.7. The van der Waals surface area contributed by atoms with Crippen LogP contribution in [-0.2, 0) is 9.53 Å². The highest BCUT2D eigenvalue weighted by Gasteiger charge is 2.48. The molecule has 0 aromatic carbocycles. The Hall–Kier alpha value is -0.670. The van der Waals surface area contributed by atoms with Gasteiger partial charge < -0.3 is 10.5 Å². The Kier molecular flexibility index (Phi) is 2.45. The van der Waals surface area contributed by atoms with Crippen molar-refractivity contribution in [3.05, 3.63) is 11.6 Å². The molecule has 1 fully saturated rings. The third-order valence-corrected chi connectivity index (χ3v) is 3.05. The van der Waals surface area contributed by atoms with Crippen LogP contribution in [0.1, 0.15) is 32.6 Å². The molecule has 3 heteroatoms. The number of carbonyl (C=O) groups is 1. The molecule has 0 amide bonds. The van der Waals surface area contributed by atoms with E-state index in [-0.39, 0.29) is 11.8 Å². The topological polar surface area (TPSA) is 55.6 Å². The van der Waals surface area contributed by atoms with Crippen LogP contribution < -0.4 is 5.73 Å². The van der Waals surface area contributed by atoms with E-state index in [4.69, 9.17) is 10.5 Å². The van der Waals surface area contributed by atoms with Crippen molar-refractivity contribution in [2.75, 3.05) is 6.61 Å². The molecule has 1 aliphatic carbocycles. The van der Waals surface area contributed by atoms with E-state index in [1.165, 1.54) is 12.0 Å². The molecule has 0 saturated carbocycles. The summed E-state index contributed by atoms with van der Waals surface area (Å²) in [7, 11) is 0. The Labute approximate surface area is 84.3 Å². The fraction of sp³-hybridized carbons (Fsp3) is 0.727. The number of nitrogens with two attached hydrogens (primary N) is 1. The van der Waals surface area contributed by atoms with Gasteiger partial charge in [0.05, 0.1) is 12.6 Å². The van der Waals surface area contributed by atoms with Gasteiger partial charge in [-0.3, -0.25) is 4.79 Å². The quantitative estimate of drug-likeness (QED) is 0.541. The lowest BCUT2D eigenvalue weighted by molar-refractivity contribution is -0.124. The first kappa shape index (κ1) is 9.87. The Morgan fingerprint density at radius 1 is 1.79 bits per heavy atom. The molecule has 3 nitrogen and oxygen atoms in total. The van der Waals surface area contributed by atoms with Gasteiger partial charge >= 0.3 is 0 Å². The average Bonchev–Trinajstić information content (AvgIpc) is 2.71. The van der Waals surface area contributed by atoms with Crippen molar-refractivity contribution < 1.29 is 9.53 Å². The second kappa shape index (κ2) is 3.48. The van der Waals surface area contributed by atoms with Gasteiger partial charge in [0.25, 0.3) is 0 Å². The average molecular weight is 195 g/mol.